The van der Waals surface area contributed by atoms with E-state index in [1.165, 1.54) is 6.21 Å². The second kappa shape index (κ2) is 8.57. The lowest BCUT2D eigenvalue weighted by molar-refractivity contribution is -0.120. The maximum Gasteiger partial charge on any atom is 0.244 e. The zero-order valence-corrected chi connectivity index (χ0v) is 13.9. The van der Waals surface area contributed by atoms with Crippen molar-refractivity contribution in [1.82, 2.24) is 5.43 Å². The van der Waals surface area contributed by atoms with Crippen molar-refractivity contribution in [2.45, 2.75) is 6.42 Å². The van der Waals surface area contributed by atoms with Crippen LogP contribution < -0.4 is 19.6 Å². The van der Waals surface area contributed by atoms with Crippen LogP contribution in [0.1, 0.15) is 11.1 Å². The van der Waals surface area contributed by atoms with Crippen LogP contribution in [-0.2, 0) is 11.2 Å². The average molecular weight is 328 g/mol. The van der Waals surface area contributed by atoms with E-state index in [-0.39, 0.29) is 12.3 Å². The van der Waals surface area contributed by atoms with Crippen molar-refractivity contribution in [3.63, 3.8) is 0 Å². The Kier molecular flexibility index (Phi) is 6.19. The van der Waals surface area contributed by atoms with E-state index in [9.17, 15) is 4.79 Å². The number of carbonyl (C=O) groups is 1. The van der Waals surface area contributed by atoms with Crippen LogP contribution in [0.5, 0.6) is 17.2 Å². The number of methoxy groups -OCH3 is 3. The molecule has 2 aromatic carbocycles. The van der Waals surface area contributed by atoms with Crippen molar-refractivity contribution in [2.24, 2.45) is 5.10 Å². The van der Waals surface area contributed by atoms with E-state index in [0.29, 0.717) is 22.8 Å². The van der Waals surface area contributed by atoms with Crippen molar-refractivity contribution in [2.75, 3.05) is 21.3 Å². The lowest BCUT2D eigenvalue weighted by Crippen LogP contribution is -2.19. The highest BCUT2D eigenvalue weighted by Crippen LogP contribution is 2.33. The first kappa shape index (κ1) is 17.3. The number of rotatable bonds is 7. The van der Waals surface area contributed by atoms with Gasteiger partial charge in [-0.15, -0.1) is 0 Å². The first-order valence-corrected chi connectivity index (χ1v) is 7.33. The smallest absolute Gasteiger partial charge is 0.244 e. The third-order valence-electron chi connectivity index (χ3n) is 3.34. The zero-order valence-electron chi connectivity index (χ0n) is 13.9. The SMILES string of the molecule is COc1cc(OC)c(OC)cc1/C=N\NC(=O)Cc1ccccc1. The normalized spacial score (nSPS) is 10.5. The Balaban J connectivity index is 2.06. The lowest BCUT2D eigenvalue weighted by Gasteiger charge is -2.11. The highest BCUT2D eigenvalue weighted by molar-refractivity contribution is 5.87. The predicted octanol–water partition coefficient (Wildman–Crippen LogP) is 2.41. The van der Waals surface area contributed by atoms with Gasteiger partial charge in [-0.25, -0.2) is 5.43 Å². The van der Waals surface area contributed by atoms with Crippen LogP contribution in [0.25, 0.3) is 0 Å². The second-order valence-electron chi connectivity index (χ2n) is 4.90. The Labute approximate surface area is 141 Å². The largest absolute Gasteiger partial charge is 0.496 e. The Morgan fingerprint density at radius 2 is 1.62 bits per heavy atom. The van der Waals surface area contributed by atoms with Crippen LogP contribution in [-0.4, -0.2) is 33.5 Å². The highest BCUT2D eigenvalue weighted by Gasteiger charge is 2.10. The van der Waals surface area contributed by atoms with E-state index >= 15 is 0 Å². The molecule has 0 bridgehead atoms. The third kappa shape index (κ3) is 4.49. The number of amides is 1. The number of benzene rings is 2. The van der Waals surface area contributed by atoms with E-state index in [0.717, 1.165) is 5.56 Å². The fraction of sp³-hybridized carbons (Fsp3) is 0.222. The molecule has 0 heterocycles. The Bertz CT molecular complexity index is 714. The molecule has 0 atom stereocenters. The van der Waals surface area contributed by atoms with Gasteiger partial charge in [-0.3, -0.25) is 4.79 Å². The number of hydrogen-bond acceptors (Lipinski definition) is 5. The second-order valence-corrected chi connectivity index (χ2v) is 4.90. The number of nitrogens with zero attached hydrogens (tertiary/aromatic N) is 1. The predicted molar refractivity (Wildman–Crippen MR) is 92.0 cm³/mol. The van der Waals surface area contributed by atoms with Crippen LogP contribution in [0.3, 0.4) is 0 Å². The molecule has 0 fully saturated rings. The topological polar surface area (TPSA) is 69.2 Å². The minimum absolute atomic E-state index is 0.197. The molecule has 0 radical (unpaired) electrons. The van der Waals surface area contributed by atoms with E-state index < -0.39 is 0 Å². The van der Waals surface area contributed by atoms with Gasteiger partial charge in [-0.05, 0) is 11.6 Å². The fourth-order valence-electron chi connectivity index (χ4n) is 2.15. The maximum absolute atomic E-state index is 11.9. The quantitative estimate of drug-likeness (QED) is 0.626. The molecule has 6 nitrogen and oxygen atoms in total. The van der Waals surface area contributed by atoms with Gasteiger partial charge in [0.15, 0.2) is 11.5 Å². The number of nitrogens with one attached hydrogen (secondary N) is 1. The molecule has 2 rings (SSSR count). The molecule has 1 amide bonds. The third-order valence-corrected chi connectivity index (χ3v) is 3.34. The summed E-state index contributed by atoms with van der Waals surface area (Å²) in [5.74, 6) is 1.47. The van der Waals surface area contributed by atoms with Crippen molar-refractivity contribution in [3.8, 4) is 17.2 Å². The molecular formula is C18H20N2O4. The number of ether oxygens (including phenoxy) is 3. The number of hydrazone groups is 1. The van der Waals surface area contributed by atoms with Crippen molar-refractivity contribution < 1.29 is 19.0 Å². The van der Waals surface area contributed by atoms with Crippen LogP contribution in [0.2, 0.25) is 0 Å². The van der Waals surface area contributed by atoms with Gasteiger partial charge in [-0.1, -0.05) is 30.3 Å². The van der Waals surface area contributed by atoms with Gasteiger partial charge < -0.3 is 14.2 Å². The van der Waals surface area contributed by atoms with Gasteiger partial charge in [0.2, 0.25) is 5.91 Å². The molecule has 0 aliphatic carbocycles. The minimum atomic E-state index is -0.197. The Morgan fingerprint density at radius 3 is 2.25 bits per heavy atom. The molecule has 0 saturated heterocycles. The Hall–Kier alpha value is -3.02. The summed E-state index contributed by atoms with van der Waals surface area (Å²) in [5, 5.41) is 3.98. The van der Waals surface area contributed by atoms with Gasteiger partial charge in [0.1, 0.15) is 5.75 Å². The van der Waals surface area contributed by atoms with Gasteiger partial charge in [0, 0.05) is 11.6 Å². The summed E-state index contributed by atoms with van der Waals surface area (Å²) in [7, 11) is 4.65. The summed E-state index contributed by atoms with van der Waals surface area (Å²) < 4.78 is 15.8. The molecule has 0 spiro atoms. The number of carbonyl (C=O) groups excluding carboxylic acids is 1. The van der Waals surface area contributed by atoms with Crippen LogP contribution in [0, 0.1) is 0 Å². The van der Waals surface area contributed by atoms with Crippen LogP contribution >= 0.6 is 0 Å². The first-order valence-electron chi connectivity index (χ1n) is 7.33. The average Bonchev–Trinajstić information content (AvgIpc) is 2.62. The molecule has 6 heteroatoms. The standard InChI is InChI=1S/C18H20N2O4/c1-22-15-11-17(24-3)16(23-2)10-14(15)12-19-20-18(21)9-13-7-5-4-6-8-13/h4-8,10-12H,9H2,1-3H3,(H,20,21)/b19-12-. The monoisotopic (exact) mass is 328 g/mol. The van der Waals surface area contributed by atoms with Crippen LogP contribution in [0.4, 0.5) is 0 Å². The molecule has 0 aromatic heterocycles. The van der Waals surface area contributed by atoms with Crippen molar-refractivity contribution in [1.29, 1.82) is 0 Å². The summed E-state index contributed by atoms with van der Waals surface area (Å²) >= 11 is 0. The number of hydrogen-bond donors (Lipinski definition) is 1. The van der Waals surface area contributed by atoms with Gasteiger partial charge in [0.05, 0.1) is 34.0 Å². The fourth-order valence-corrected chi connectivity index (χ4v) is 2.15. The van der Waals surface area contributed by atoms with Crippen LogP contribution in [0.15, 0.2) is 47.6 Å². The first-order chi connectivity index (χ1) is 11.7. The molecule has 0 aliphatic heterocycles. The zero-order chi connectivity index (χ0) is 17.4. The molecule has 0 saturated carbocycles. The van der Waals surface area contributed by atoms with Gasteiger partial charge in [-0.2, -0.15) is 5.10 Å². The summed E-state index contributed by atoms with van der Waals surface area (Å²) in [4.78, 5) is 11.9. The molecule has 0 aliphatic rings. The summed E-state index contributed by atoms with van der Waals surface area (Å²) in [6.07, 6.45) is 1.77. The Morgan fingerprint density at radius 1 is 1.00 bits per heavy atom. The molecule has 24 heavy (non-hydrogen) atoms. The highest BCUT2D eigenvalue weighted by atomic mass is 16.5. The minimum Gasteiger partial charge on any atom is -0.496 e. The molecular weight excluding hydrogens is 308 g/mol. The van der Waals surface area contributed by atoms with Crippen molar-refractivity contribution in [3.05, 3.63) is 53.6 Å². The van der Waals surface area contributed by atoms with Crippen molar-refractivity contribution >= 4 is 12.1 Å². The van der Waals surface area contributed by atoms with E-state index in [1.54, 1.807) is 33.5 Å². The molecule has 126 valence electrons. The summed E-state index contributed by atoms with van der Waals surface area (Å²) in [5.41, 5.74) is 4.09. The van der Waals surface area contributed by atoms with E-state index in [2.05, 4.69) is 10.5 Å². The lowest BCUT2D eigenvalue weighted by atomic mass is 10.1. The molecule has 0 unspecified atom stereocenters. The maximum atomic E-state index is 11.9. The summed E-state index contributed by atoms with van der Waals surface area (Å²) in [6, 6.07) is 12.9. The van der Waals surface area contributed by atoms with Gasteiger partial charge in [0.25, 0.3) is 0 Å². The molecule has 2 aromatic rings. The summed E-state index contributed by atoms with van der Waals surface area (Å²) in [6.45, 7) is 0. The van der Waals surface area contributed by atoms with E-state index in [1.807, 2.05) is 30.3 Å². The molecule has 1 N–H and O–H groups in total. The van der Waals surface area contributed by atoms with Gasteiger partial charge >= 0.3 is 0 Å². The van der Waals surface area contributed by atoms with E-state index in [4.69, 9.17) is 14.2 Å².